The summed E-state index contributed by atoms with van der Waals surface area (Å²) in [5, 5.41) is 1.75. The Hall–Kier alpha value is -4.33. The van der Waals surface area contributed by atoms with E-state index in [0.29, 0.717) is 50.2 Å². The van der Waals surface area contributed by atoms with Gasteiger partial charge < -0.3 is 4.57 Å². The summed E-state index contributed by atoms with van der Waals surface area (Å²) in [6, 6.07) is 30.4. The molecule has 44 heavy (non-hydrogen) atoms. The van der Waals surface area contributed by atoms with Crippen molar-refractivity contribution in [2.24, 2.45) is 0 Å². The first kappa shape index (κ1) is 31.1. The Morgan fingerprint density at radius 2 is 0.955 bits per heavy atom. The molecule has 0 atom stereocenters. The maximum atomic E-state index is 15.7. The van der Waals surface area contributed by atoms with Crippen molar-refractivity contribution < 1.29 is 14.2 Å². The molecule has 5 aromatic carbocycles. The number of hydrogen-bond donors (Lipinski definition) is 0. The minimum Gasteiger partial charge on any atom is -0.309 e. The standard InChI is InChI=1S/C40H39O3P/c1-8-33-34(39(41)36-27(4)21-25(2)22-28(36)5)19-20-35(38(33)40(42)37-29(6)23-26(3)24-30(37)7)44(43,31-15-11-9-12-16-31)32-17-13-10-14-18-32/h9-24H,8H2,1-7H3. The first-order valence-electron chi connectivity index (χ1n) is 15.1. The van der Waals surface area contributed by atoms with Gasteiger partial charge in [0, 0.05) is 38.2 Å². The monoisotopic (exact) mass is 598 g/mol. The largest absolute Gasteiger partial charge is 0.309 e. The zero-order valence-corrected chi connectivity index (χ0v) is 27.5. The predicted molar refractivity (Wildman–Crippen MR) is 183 cm³/mol. The molecule has 0 aliphatic heterocycles. The fourth-order valence-corrected chi connectivity index (χ4v) is 9.64. The molecule has 0 saturated carbocycles. The van der Waals surface area contributed by atoms with Gasteiger partial charge in [0.1, 0.15) is 0 Å². The number of ketones is 2. The molecule has 0 bridgehead atoms. The van der Waals surface area contributed by atoms with Gasteiger partial charge in [0.05, 0.1) is 0 Å². The third kappa shape index (κ3) is 5.42. The quantitative estimate of drug-likeness (QED) is 0.134. The van der Waals surface area contributed by atoms with Gasteiger partial charge in [-0.25, -0.2) is 0 Å². The van der Waals surface area contributed by atoms with Crippen LogP contribution in [0.5, 0.6) is 0 Å². The van der Waals surface area contributed by atoms with Crippen LogP contribution in [-0.2, 0) is 11.0 Å². The lowest BCUT2D eigenvalue weighted by Gasteiger charge is -2.26. The molecule has 0 amide bonds. The molecule has 0 aliphatic rings. The maximum Gasteiger partial charge on any atom is 0.194 e. The van der Waals surface area contributed by atoms with Crippen molar-refractivity contribution in [2.45, 2.75) is 54.9 Å². The van der Waals surface area contributed by atoms with E-state index in [0.717, 1.165) is 33.4 Å². The van der Waals surface area contributed by atoms with E-state index in [9.17, 15) is 9.59 Å². The van der Waals surface area contributed by atoms with Crippen LogP contribution in [0.15, 0.2) is 97.1 Å². The van der Waals surface area contributed by atoms with Crippen molar-refractivity contribution in [3.63, 3.8) is 0 Å². The normalized spacial score (nSPS) is 11.4. The molecule has 0 fully saturated rings. The Morgan fingerprint density at radius 1 is 0.545 bits per heavy atom. The van der Waals surface area contributed by atoms with E-state index in [4.69, 9.17) is 0 Å². The molecule has 5 aromatic rings. The number of aryl methyl sites for hydroxylation is 6. The van der Waals surface area contributed by atoms with Gasteiger partial charge >= 0.3 is 0 Å². The summed E-state index contributed by atoms with van der Waals surface area (Å²) in [6.07, 6.45) is 0.424. The second kappa shape index (κ2) is 12.3. The molecule has 0 spiro atoms. The van der Waals surface area contributed by atoms with Crippen molar-refractivity contribution in [1.82, 2.24) is 0 Å². The Morgan fingerprint density at radius 3 is 1.36 bits per heavy atom. The van der Waals surface area contributed by atoms with E-state index in [-0.39, 0.29) is 11.6 Å². The van der Waals surface area contributed by atoms with Crippen LogP contribution < -0.4 is 15.9 Å². The van der Waals surface area contributed by atoms with Crippen LogP contribution in [0, 0.1) is 41.5 Å². The summed E-state index contributed by atoms with van der Waals surface area (Å²) in [5.74, 6) is -0.324. The lowest BCUT2D eigenvalue weighted by Crippen LogP contribution is -2.31. The summed E-state index contributed by atoms with van der Waals surface area (Å²) in [6.45, 7) is 13.8. The van der Waals surface area contributed by atoms with Crippen molar-refractivity contribution in [1.29, 1.82) is 0 Å². The Balaban J connectivity index is 1.90. The van der Waals surface area contributed by atoms with Gasteiger partial charge in [0.15, 0.2) is 18.7 Å². The fourth-order valence-electron chi connectivity index (χ4n) is 6.77. The summed E-state index contributed by atoms with van der Waals surface area (Å²) in [7, 11) is -3.55. The second-order valence-corrected chi connectivity index (χ2v) is 14.6. The first-order valence-corrected chi connectivity index (χ1v) is 16.8. The highest BCUT2D eigenvalue weighted by molar-refractivity contribution is 7.85. The van der Waals surface area contributed by atoms with Crippen molar-refractivity contribution in [2.75, 3.05) is 0 Å². The highest BCUT2D eigenvalue weighted by Gasteiger charge is 2.37. The molecular formula is C40H39O3P. The highest BCUT2D eigenvalue weighted by Crippen LogP contribution is 2.45. The molecule has 5 rings (SSSR count). The summed E-state index contributed by atoms with van der Waals surface area (Å²) in [4.78, 5) is 29.4. The Labute approximate surface area is 261 Å². The minimum absolute atomic E-state index is 0.121. The van der Waals surface area contributed by atoms with Crippen LogP contribution in [0.2, 0.25) is 0 Å². The molecule has 0 N–H and O–H groups in total. The number of rotatable bonds is 8. The summed E-state index contributed by atoms with van der Waals surface area (Å²) < 4.78 is 15.7. The van der Waals surface area contributed by atoms with E-state index >= 15 is 4.57 Å². The van der Waals surface area contributed by atoms with Gasteiger partial charge in [-0.3, -0.25) is 9.59 Å². The lowest BCUT2D eigenvalue weighted by molar-refractivity contribution is 0.103. The van der Waals surface area contributed by atoms with Gasteiger partial charge in [0.2, 0.25) is 0 Å². The smallest absolute Gasteiger partial charge is 0.194 e. The van der Waals surface area contributed by atoms with E-state index in [1.54, 1.807) is 12.1 Å². The predicted octanol–water partition coefficient (Wildman–Crippen LogP) is 8.20. The molecule has 0 heterocycles. The van der Waals surface area contributed by atoms with Gasteiger partial charge in [-0.1, -0.05) is 103 Å². The van der Waals surface area contributed by atoms with Crippen LogP contribution in [0.4, 0.5) is 0 Å². The molecule has 0 radical (unpaired) electrons. The molecule has 0 unspecified atom stereocenters. The van der Waals surface area contributed by atoms with Crippen molar-refractivity contribution in [3.05, 3.63) is 158 Å². The van der Waals surface area contributed by atoms with Gasteiger partial charge in [-0.05, 0) is 87.9 Å². The number of carbonyl (C=O) groups excluding carboxylic acids is 2. The van der Waals surface area contributed by atoms with Gasteiger partial charge in [0.25, 0.3) is 0 Å². The van der Waals surface area contributed by atoms with Gasteiger partial charge in [-0.15, -0.1) is 0 Å². The molecule has 0 saturated heterocycles. The highest BCUT2D eigenvalue weighted by atomic mass is 31.2. The average Bonchev–Trinajstić information content (AvgIpc) is 2.99. The molecule has 3 nitrogen and oxygen atoms in total. The number of carbonyl (C=O) groups is 2. The molecule has 222 valence electrons. The summed E-state index contributed by atoms with van der Waals surface area (Å²) in [5.41, 5.74) is 8.39. The first-order chi connectivity index (χ1) is 21.0. The van der Waals surface area contributed by atoms with Crippen LogP contribution in [0.1, 0.15) is 77.7 Å². The Bertz CT molecular complexity index is 1860. The topological polar surface area (TPSA) is 51.2 Å². The van der Waals surface area contributed by atoms with Gasteiger partial charge in [-0.2, -0.15) is 0 Å². The van der Waals surface area contributed by atoms with Crippen molar-refractivity contribution >= 4 is 34.6 Å². The zero-order chi connectivity index (χ0) is 31.8. The van der Waals surface area contributed by atoms with E-state index in [1.165, 1.54) is 0 Å². The van der Waals surface area contributed by atoms with E-state index < -0.39 is 7.14 Å². The molecular weight excluding hydrogens is 559 g/mol. The Kier molecular flexibility index (Phi) is 8.73. The van der Waals surface area contributed by atoms with Crippen LogP contribution in [0.25, 0.3) is 0 Å². The SMILES string of the molecule is CCc1c(C(=O)c2c(C)cc(C)cc2C)ccc(P(=O)(c2ccccc2)c2ccccc2)c1C(=O)c1c(C)cc(C)cc1C. The average molecular weight is 599 g/mol. The van der Waals surface area contributed by atoms with E-state index in [2.05, 4.69) is 0 Å². The molecule has 0 aromatic heterocycles. The number of benzene rings is 5. The third-order valence-corrected chi connectivity index (χ3v) is 11.6. The van der Waals surface area contributed by atoms with Crippen LogP contribution in [0.3, 0.4) is 0 Å². The zero-order valence-electron chi connectivity index (χ0n) is 26.6. The maximum absolute atomic E-state index is 15.7. The number of hydrogen-bond acceptors (Lipinski definition) is 3. The summed E-state index contributed by atoms with van der Waals surface area (Å²) >= 11 is 0. The molecule has 0 aliphatic carbocycles. The second-order valence-electron chi connectivity index (χ2n) is 11.8. The van der Waals surface area contributed by atoms with Crippen LogP contribution in [-0.4, -0.2) is 11.6 Å². The lowest BCUT2D eigenvalue weighted by atomic mass is 9.85. The molecule has 4 heteroatoms. The van der Waals surface area contributed by atoms with Crippen molar-refractivity contribution in [3.8, 4) is 0 Å². The van der Waals surface area contributed by atoms with E-state index in [1.807, 2.05) is 133 Å². The third-order valence-electron chi connectivity index (χ3n) is 8.50. The fraction of sp³-hybridized carbons (Fsp3) is 0.200. The van der Waals surface area contributed by atoms with Crippen LogP contribution >= 0.6 is 7.14 Å². The minimum atomic E-state index is -3.55.